The van der Waals surface area contributed by atoms with Gasteiger partial charge in [-0.05, 0) is 13.8 Å². The molecule has 0 aromatic carbocycles. The van der Waals surface area contributed by atoms with Crippen LogP contribution in [-0.4, -0.2) is 36.5 Å². The monoisotopic (exact) mass is 154 g/mol. The van der Waals surface area contributed by atoms with Crippen LogP contribution < -0.4 is 5.32 Å². The third-order valence-corrected chi connectivity index (χ3v) is 2.81. The molecule has 0 atom stereocenters. The minimum absolute atomic E-state index is 0.0320. The molecule has 1 N–H and O–H groups in total. The summed E-state index contributed by atoms with van der Waals surface area (Å²) in [4.78, 5) is 13.4. The van der Waals surface area contributed by atoms with Gasteiger partial charge in [0.15, 0.2) is 0 Å². The molecule has 2 aliphatic heterocycles. The van der Waals surface area contributed by atoms with Gasteiger partial charge in [-0.1, -0.05) is 0 Å². The molecule has 2 aliphatic rings. The highest BCUT2D eigenvalue weighted by Crippen LogP contribution is 2.36. The topological polar surface area (TPSA) is 32.3 Å². The maximum atomic E-state index is 11.1. The largest absolute Gasteiger partial charge is 0.354 e. The second kappa shape index (κ2) is 1.97. The van der Waals surface area contributed by atoms with Crippen LogP contribution in [0.1, 0.15) is 13.8 Å². The van der Waals surface area contributed by atoms with E-state index in [-0.39, 0.29) is 11.3 Å². The van der Waals surface area contributed by atoms with Crippen LogP contribution in [0.5, 0.6) is 0 Å². The molecule has 0 radical (unpaired) electrons. The van der Waals surface area contributed by atoms with E-state index < -0.39 is 0 Å². The lowest BCUT2D eigenvalue weighted by Gasteiger charge is -2.55. The first-order valence-corrected chi connectivity index (χ1v) is 4.16. The Labute approximate surface area is 66.8 Å². The van der Waals surface area contributed by atoms with Crippen LogP contribution in [0.4, 0.5) is 0 Å². The highest BCUT2D eigenvalue weighted by molar-refractivity contribution is 5.90. The Balaban J connectivity index is 1.92. The summed E-state index contributed by atoms with van der Waals surface area (Å²) in [6.07, 6.45) is 0. The fourth-order valence-corrected chi connectivity index (χ4v) is 1.76. The van der Waals surface area contributed by atoms with Crippen molar-refractivity contribution < 1.29 is 4.79 Å². The quantitative estimate of drug-likeness (QED) is 0.532. The Hall–Kier alpha value is -0.570. The molecule has 0 aliphatic carbocycles. The third kappa shape index (κ3) is 0.805. The van der Waals surface area contributed by atoms with Crippen molar-refractivity contribution in [3.8, 4) is 0 Å². The summed E-state index contributed by atoms with van der Waals surface area (Å²) >= 11 is 0. The predicted octanol–water partition coefficient (Wildman–Crippen LogP) is -0.173. The van der Waals surface area contributed by atoms with E-state index in [9.17, 15) is 4.79 Å². The van der Waals surface area contributed by atoms with Crippen molar-refractivity contribution in [3.63, 3.8) is 0 Å². The number of carbonyl (C=O) groups is 1. The van der Waals surface area contributed by atoms with E-state index in [1.54, 1.807) is 0 Å². The molecule has 2 saturated heterocycles. The predicted molar refractivity (Wildman–Crippen MR) is 42.2 cm³/mol. The Kier molecular flexibility index (Phi) is 1.27. The van der Waals surface area contributed by atoms with Crippen molar-refractivity contribution in [2.24, 2.45) is 5.41 Å². The molecule has 0 aromatic rings. The highest BCUT2D eigenvalue weighted by Gasteiger charge is 2.55. The van der Waals surface area contributed by atoms with E-state index in [1.165, 1.54) is 0 Å². The molecule has 0 saturated carbocycles. The summed E-state index contributed by atoms with van der Waals surface area (Å²) in [5, 5.41) is 2.80. The van der Waals surface area contributed by atoms with Crippen molar-refractivity contribution in [1.29, 1.82) is 0 Å². The van der Waals surface area contributed by atoms with Crippen LogP contribution in [0.3, 0.4) is 0 Å². The zero-order valence-corrected chi connectivity index (χ0v) is 7.05. The van der Waals surface area contributed by atoms with Crippen molar-refractivity contribution in [3.05, 3.63) is 0 Å². The summed E-state index contributed by atoms with van der Waals surface area (Å²) < 4.78 is 0. The molecule has 2 fully saturated rings. The second-order valence-corrected chi connectivity index (χ2v) is 3.96. The third-order valence-electron chi connectivity index (χ3n) is 2.81. The second-order valence-electron chi connectivity index (χ2n) is 3.96. The smallest absolute Gasteiger partial charge is 0.230 e. The molecule has 0 aromatic heterocycles. The molecule has 3 heteroatoms. The summed E-state index contributed by atoms with van der Waals surface area (Å²) in [5.74, 6) is 0.259. The van der Waals surface area contributed by atoms with E-state index in [0.29, 0.717) is 6.04 Å². The summed E-state index contributed by atoms with van der Waals surface area (Å²) in [6, 6.07) is 0.592. The number of hydrogen-bond acceptors (Lipinski definition) is 2. The van der Waals surface area contributed by atoms with Gasteiger partial charge in [0.2, 0.25) is 5.91 Å². The standard InChI is InChI=1S/C8H14N2O/c1-6(2)10-4-8(5-10)3-9-7(8)11/h6H,3-5H2,1-2H3,(H,9,11). The molecule has 2 rings (SSSR count). The van der Waals surface area contributed by atoms with Crippen molar-refractivity contribution in [2.45, 2.75) is 19.9 Å². The lowest BCUT2D eigenvalue weighted by atomic mass is 9.73. The number of amides is 1. The van der Waals surface area contributed by atoms with Crippen LogP contribution in [0.2, 0.25) is 0 Å². The lowest BCUT2D eigenvalue weighted by Crippen LogP contribution is -2.75. The van der Waals surface area contributed by atoms with Crippen LogP contribution in [0.15, 0.2) is 0 Å². The highest BCUT2D eigenvalue weighted by atomic mass is 16.2. The van der Waals surface area contributed by atoms with Crippen LogP contribution in [0, 0.1) is 5.41 Å². The molecule has 1 spiro atoms. The van der Waals surface area contributed by atoms with Gasteiger partial charge >= 0.3 is 0 Å². The SMILES string of the molecule is CC(C)N1CC2(CNC2=O)C1. The number of nitrogens with one attached hydrogen (secondary N) is 1. The maximum absolute atomic E-state index is 11.1. The van der Waals surface area contributed by atoms with Gasteiger partial charge in [-0.15, -0.1) is 0 Å². The summed E-state index contributed by atoms with van der Waals surface area (Å²) in [5.41, 5.74) is 0.0320. The minimum atomic E-state index is 0.0320. The van der Waals surface area contributed by atoms with Gasteiger partial charge in [0.25, 0.3) is 0 Å². The Morgan fingerprint density at radius 1 is 1.55 bits per heavy atom. The van der Waals surface area contributed by atoms with Crippen molar-refractivity contribution >= 4 is 5.91 Å². The molecule has 11 heavy (non-hydrogen) atoms. The number of rotatable bonds is 1. The first kappa shape index (κ1) is 7.10. The average molecular weight is 154 g/mol. The number of carbonyl (C=O) groups excluding carboxylic acids is 1. The van der Waals surface area contributed by atoms with Gasteiger partial charge in [-0.25, -0.2) is 0 Å². The first-order chi connectivity index (χ1) is 5.14. The molecule has 0 bridgehead atoms. The van der Waals surface area contributed by atoms with E-state index in [0.717, 1.165) is 19.6 Å². The van der Waals surface area contributed by atoms with Gasteiger partial charge in [0, 0.05) is 25.7 Å². The van der Waals surface area contributed by atoms with Crippen LogP contribution in [0.25, 0.3) is 0 Å². The van der Waals surface area contributed by atoms with E-state index >= 15 is 0 Å². The van der Waals surface area contributed by atoms with E-state index in [2.05, 4.69) is 24.1 Å². The molecule has 0 unspecified atom stereocenters. The first-order valence-electron chi connectivity index (χ1n) is 4.16. The number of β-lactam (4-membered cyclic amide) rings is 1. The molecular weight excluding hydrogens is 140 g/mol. The van der Waals surface area contributed by atoms with Crippen LogP contribution >= 0.6 is 0 Å². The van der Waals surface area contributed by atoms with Crippen LogP contribution in [-0.2, 0) is 4.79 Å². The zero-order chi connectivity index (χ0) is 8.06. The molecular formula is C8H14N2O. The molecule has 62 valence electrons. The van der Waals surface area contributed by atoms with Gasteiger partial charge in [0.1, 0.15) is 0 Å². The Morgan fingerprint density at radius 3 is 2.45 bits per heavy atom. The molecule has 3 nitrogen and oxygen atoms in total. The summed E-state index contributed by atoms with van der Waals surface area (Å²) in [7, 11) is 0. The molecule has 1 amide bonds. The lowest BCUT2D eigenvalue weighted by molar-refractivity contribution is -0.156. The normalized spacial score (nSPS) is 28.1. The Bertz CT molecular complexity index is 194. The van der Waals surface area contributed by atoms with E-state index in [4.69, 9.17) is 0 Å². The zero-order valence-electron chi connectivity index (χ0n) is 7.05. The number of likely N-dealkylation sites (tertiary alicyclic amines) is 1. The Morgan fingerprint density at radius 2 is 2.18 bits per heavy atom. The minimum Gasteiger partial charge on any atom is -0.354 e. The van der Waals surface area contributed by atoms with Crippen molar-refractivity contribution in [2.75, 3.05) is 19.6 Å². The fraction of sp³-hybridized carbons (Fsp3) is 0.875. The fourth-order valence-electron chi connectivity index (χ4n) is 1.76. The van der Waals surface area contributed by atoms with Crippen molar-refractivity contribution in [1.82, 2.24) is 10.2 Å². The van der Waals surface area contributed by atoms with Gasteiger partial charge in [-0.2, -0.15) is 0 Å². The molecule has 2 heterocycles. The van der Waals surface area contributed by atoms with Gasteiger partial charge in [-0.3, -0.25) is 9.69 Å². The van der Waals surface area contributed by atoms with E-state index in [1.807, 2.05) is 0 Å². The maximum Gasteiger partial charge on any atom is 0.230 e. The van der Waals surface area contributed by atoms with Gasteiger partial charge in [0.05, 0.1) is 5.41 Å². The number of nitrogens with zero attached hydrogens (tertiary/aromatic N) is 1. The number of hydrogen-bond donors (Lipinski definition) is 1. The average Bonchev–Trinajstić information content (AvgIpc) is 1.81. The van der Waals surface area contributed by atoms with Gasteiger partial charge < -0.3 is 5.32 Å². The summed E-state index contributed by atoms with van der Waals surface area (Å²) in [6.45, 7) is 7.18.